The van der Waals surface area contributed by atoms with Crippen molar-refractivity contribution < 1.29 is 9.53 Å². The SMILES string of the molecule is CCC12CCC3C4CCC(=O)C=C4C(C)C(C)C3C1CC[C@]2(C)OCCI. The molecule has 152 valence electrons. The van der Waals surface area contributed by atoms with E-state index in [1.165, 1.54) is 37.7 Å². The van der Waals surface area contributed by atoms with Crippen LogP contribution in [-0.4, -0.2) is 22.4 Å². The second-order valence-corrected chi connectivity index (χ2v) is 11.2. The maximum absolute atomic E-state index is 12.1. The molecule has 0 bridgehead atoms. The standard InChI is InChI=1S/C24H37IO2/c1-5-24-11-8-19-18-7-6-17(26)14-20(18)15(2)16(3)22(19)21(24)9-10-23(24,4)27-13-12-25/h14-16,18-19,21-22H,5-13H2,1-4H3/t15?,16?,18?,19?,21?,22?,23-,24?/m0/s1. The Hall–Kier alpha value is 0.1000. The zero-order valence-electron chi connectivity index (χ0n) is 17.6. The highest BCUT2D eigenvalue weighted by Gasteiger charge is 2.64. The fourth-order valence-electron chi connectivity index (χ4n) is 8.19. The highest BCUT2D eigenvalue weighted by atomic mass is 127. The summed E-state index contributed by atoms with van der Waals surface area (Å²) < 4.78 is 7.69. The minimum absolute atomic E-state index is 0.0597. The maximum atomic E-state index is 12.1. The second kappa shape index (κ2) is 7.41. The predicted octanol–water partition coefficient (Wildman–Crippen LogP) is 6.22. The monoisotopic (exact) mass is 484 g/mol. The average molecular weight is 484 g/mol. The van der Waals surface area contributed by atoms with E-state index in [0.717, 1.165) is 41.6 Å². The van der Waals surface area contributed by atoms with E-state index in [2.05, 4.69) is 56.4 Å². The maximum Gasteiger partial charge on any atom is 0.155 e. The van der Waals surface area contributed by atoms with Crippen molar-refractivity contribution in [1.82, 2.24) is 0 Å². The van der Waals surface area contributed by atoms with E-state index in [0.29, 0.717) is 29.0 Å². The molecule has 0 heterocycles. The van der Waals surface area contributed by atoms with E-state index in [-0.39, 0.29) is 5.60 Å². The van der Waals surface area contributed by atoms with Gasteiger partial charge in [-0.25, -0.2) is 0 Å². The number of rotatable bonds is 4. The van der Waals surface area contributed by atoms with Crippen molar-refractivity contribution in [3.8, 4) is 0 Å². The molecule has 7 unspecified atom stereocenters. The van der Waals surface area contributed by atoms with Crippen molar-refractivity contribution in [3.63, 3.8) is 0 Å². The topological polar surface area (TPSA) is 26.3 Å². The number of hydrogen-bond donors (Lipinski definition) is 0. The molecule has 0 aliphatic heterocycles. The molecule has 8 atom stereocenters. The summed E-state index contributed by atoms with van der Waals surface area (Å²) in [5.74, 6) is 4.72. The van der Waals surface area contributed by atoms with Crippen molar-refractivity contribution in [3.05, 3.63) is 11.6 Å². The van der Waals surface area contributed by atoms with Crippen LogP contribution in [0.25, 0.3) is 0 Å². The molecule has 2 nitrogen and oxygen atoms in total. The highest BCUT2D eigenvalue weighted by Crippen LogP contribution is 2.68. The lowest BCUT2D eigenvalue weighted by Gasteiger charge is -2.60. The molecular weight excluding hydrogens is 447 g/mol. The van der Waals surface area contributed by atoms with Gasteiger partial charge >= 0.3 is 0 Å². The van der Waals surface area contributed by atoms with Crippen LogP contribution in [0.1, 0.15) is 72.6 Å². The molecule has 3 saturated carbocycles. The van der Waals surface area contributed by atoms with Crippen LogP contribution in [0.5, 0.6) is 0 Å². The number of ketones is 1. The third kappa shape index (κ3) is 2.92. The van der Waals surface area contributed by atoms with Crippen LogP contribution in [-0.2, 0) is 9.53 Å². The van der Waals surface area contributed by atoms with Crippen LogP contribution < -0.4 is 0 Å². The average Bonchev–Trinajstić information content (AvgIpc) is 2.97. The molecule has 0 amide bonds. The first kappa shape index (κ1) is 20.4. The van der Waals surface area contributed by atoms with Gasteiger partial charge in [-0.15, -0.1) is 0 Å². The smallest absolute Gasteiger partial charge is 0.155 e. The number of carbonyl (C=O) groups is 1. The Kier molecular flexibility index (Phi) is 5.59. The number of halogens is 1. The fraction of sp³-hybridized carbons (Fsp3) is 0.875. The van der Waals surface area contributed by atoms with Crippen molar-refractivity contribution in [2.75, 3.05) is 11.0 Å². The van der Waals surface area contributed by atoms with E-state index >= 15 is 0 Å². The third-order valence-electron chi connectivity index (χ3n) is 9.60. The van der Waals surface area contributed by atoms with Crippen LogP contribution in [0.3, 0.4) is 0 Å². The lowest BCUT2D eigenvalue weighted by Crippen LogP contribution is -2.56. The Morgan fingerprint density at radius 3 is 2.70 bits per heavy atom. The van der Waals surface area contributed by atoms with Crippen molar-refractivity contribution in [2.45, 2.75) is 78.2 Å². The van der Waals surface area contributed by atoms with Crippen LogP contribution in [0.4, 0.5) is 0 Å². The number of allylic oxidation sites excluding steroid dienone is 1. The fourth-order valence-corrected chi connectivity index (χ4v) is 8.41. The molecule has 0 radical (unpaired) electrons. The number of alkyl halides is 1. The first-order chi connectivity index (χ1) is 12.9. The molecule has 0 aromatic carbocycles. The molecule has 0 saturated heterocycles. The summed E-state index contributed by atoms with van der Waals surface area (Å²) in [6, 6.07) is 0. The van der Waals surface area contributed by atoms with Gasteiger partial charge in [0, 0.05) is 16.3 Å². The van der Waals surface area contributed by atoms with Crippen LogP contribution in [0, 0.1) is 40.9 Å². The first-order valence-corrected chi connectivity index (χ1v) is 12.9. The minimum atomic E-state index is 0.0597. The predicted molar refractivity (Wildman–Crippen MR) is 119 cm³/mol. The lowest BCUT2D eigenvalue weighted by molar-refractivity contribution is -0.159. The second-order valence-electron chi connectivity index (χ2n) is 10.1. The Balaban J connectivity index is 1.69. The lowest BCUT2D eigenvalue weighted by atomic mass is 9.46. The summed E-state index contributed by atoms with van der Waals surface area (Å²) in [4.78, 5) is 12.1. The summed E-state index contributed by atoms with van der Waals surface area (Å²) in [6.07, 6.45) is 10.4. The van der Waals surface area contributed by atoms with Gasteiger partial charge in [0.2, 0.25) is 0 Å². The van der Waals surface area contributed by atoms with Crippen LogP contribution >= 0.6 is 22.6 Å². The van der Waals surface area contributed by atoms with Gasteiger partial charge in [-0.1, -0.05) is 48.9 Å². The normalized spacial score (nSPS) is 49.2. The van der Waals surface area contributed by atoms with Crippen LogP contribution in [0.2, 0.25) is 0 Å². The molecule has 4 aliphatic rings. The molecule has 27 heavy (non-hydrogen) atoms. The number of fused-ring (bicyclic) bond motifs is 5. The summed E-state index contributed by atoms with van der Waals surface area (Å²) in [5, 5.41) is 0. The number of hydrogen-bond acceptors (Lipinski definition) is 2. The zero-order chi connectivity index (χ0) is 19.4. The summed E-state index contributed by atoms with van der Waals surface area (Å²) in [6.45, 7) is 10.6. The summed E-state index contributed by atoms with van der Waals surface area (Å²) in [7, 11) is 0. The zero-order valence-corrected chi connectivity index (χ0v) is 19.8. The number of carbonyl (C=O) groups excluding carboxylic acids is 1. The van der Waals surface area contributed by atoms with Crippen LogP contribution in [0.15, 0.2) is 11.6 Å². The highest BCUT2D eigenvalue weighted by molar-refractivity contribution is 14.1. The van der Waals surface area contributed by atoms with Gasteiger partial charge < -0.3 is 4.74 Å². The molecule has 4 rings (SSSR count). The molecule has 0 spiro atoms. The van der Waals surface area contributed by atoms with Crippen molar-refractivity contribution in [2.24, 2.45) is 40.9 Å². The Labute approximate surface area is 179 Å². The molecule has 0 N–H and O–H groups in total. The molecular formula is C24H37IO2. The van der Waals surface area contributed by atoms with E-state index < -0.39 is 0 Å². The quantitative estimate of drug-likeness (QED) is 0.350. The Morgan fingerprint density at radius 2 is 2.00 bits per heavy atom. The summed E-state index contributed by atoms with van der Waals surface area (Å²) in [5.41, 5.74) is 1.93. The van der Waals surface area contributed by atoms with Gasteiger partial charge in [0.05, 0.1) is 12.2 Å². The van der Waals surface area contributed by atoms with Gasteiger partial charge in [-0.2, -0.15) is 0 Å². The van der Waals surface area contributed by atoms with Gasteiger partial charge in [-0.3, -0.25) is 4.79 Å². The van der Waals surface area contributed by atoms with Gasteiger partial charge in [0.1, 0.15) is 0 Å². The third-order valence-corrected chi connectivity index (χ3v) is 10.0. The van der Waals surface area contributed by atoms with E-state index in [1.54, 1.807) is 0 Å². The Bertz CT molecular complexity index is 628. The Morgan fingerprint density at radius 1 is 1.22 bits per heavy atom. The first-order valence-electron chi connectivity index (χ1n) is 11.3. The van der Waals surface area contributed by atoms with E-state index in [4.69, 9.17) is 4.74 Å². The van der Waals surface area contributed by atoms with E-state index in [9.17, 15) is 4.79 Å². The number of ether oxygens (including phenoxy) is 1. The molecule has 3 fully saturated rings. The van der Waals surface area contributed by atoms with Gasteiger partial charge in [0.25, 0.3) is 0 Å². The molecule has 0 aromatic heterocycles. The minimum Gasteiger partial charge on any atom is -0.374 e. The molecule has 3 heteroatoms. The van der Waals surface area contributed by atoms with Crippen molar-refractivity contribution >= 4 is 28.4 Å². The van der Waals surface area contributed by atoms with Gasteiger partial charge in [0.15, 0.2) is 5.78 Å². The van der Waals surface area contributed by atoms with Gasteiger partial charge in [-0.05, 0) is 87.0 Å². The molecule has 4 aliphatic carbocycles. The molecule has 0 aromatic rings. The summed E-state index contributed by atoms with van der Waals surface area (Å²) >= 11 is 2.44. The van der Waals surface area contributed by atoms with E-state index in [1.807, 2.05) is 0 Å². The van der Waals surface area contributed by atoms with Crippen molar-refractivity contribution in [1.29, 1.82) is 0 Å². The largest absolute Gasteiger partial charge is 0.374 e.